The third-order valence-electron chi connectivity index (χ3n) is 2.79. The minimum atomic E-state index is -0.0884. The Kier molecular flexibility index (Phi) is 5.08. The van der Waals surface area contributed by atoms with Gasteiger partial charge in [0, 0.05) is 25.1 Å². The maximum atomic E-state index is 5.31. The van der Waals surface area contributed by atoms with E-state index in [1.54, 1.807) is 7.11 Å². The molecule has 0 aliphatic carbocycles. The first-order valence-corrected chi connectivity index (χ1v) is 6.54. The van der Waals surface area contributed by atoms with Gasteiger partial charge in [-0.3, -0.25) is 0 Å². The second-order valence-electron chi connectivity index (χ2n) is 5.55. The molecule has 1 rings (SSSR count). The average molecular weight is 251 g/mol. The van der Waals surface area contributed by atoms with Crippen LogP contribution in [-0.2, 0) is 10.2 Å². The molecule has 102 valence electrons. The first-order valence-electron chi connectivity index (χ1n) is 6.54. The molecule has 0 aliphatic rings. The van der Waals surface area contributed by atoms with E-state index in [9.17, 15) is 0 Å². The molecule has 1 atom stereocenters. The van der Waals surface area contributed by atoms with Crippen molar-refractivity contribution in [1.82, 2.24) is 9.97 Å². The van der Waals surface area contributed by atoms with Crippen LogP contribution in [0.2, 0.25) is 0 Å². The fraction of sp³-hybridized carbons (Fsp3) is 0.714. The van der Waals surface area contributed by atoms with E-state index in [1.165, 1.54) is 0 Å². The van der Waals surface area contributed by atoms with E-state index in [0.29, 0.717) is 0 Å². The van der Waals surface area contributed by atoms with Gasteiger partial charge in [0.25, 0.3) is 0 Å². The summed E-state index contributed by atoms with van der Waals surface area (Å²) in [5, 5.41) is 3.32. The fourth-order valence-electron chi connectivity index (χ4n) is 1.48. The lowest BCUT2D eigenvalue weighted by atomic mass is 9.92. The third kappa shape index (κ3) is 3.95. The highest BCUT2D eigenvalue weighted by Crippen LogP contribution is 2.24. The summed E-state index contributed by atoms with van der Waals surface area (Å²) in [6.45, 7) is 11.5. The molecule has 1 aromatic heterocycles. The maximum Gasteiger partial charge on any atom is 0.159 e. The minimum absolute atomic E-state index is 0.00773. The van der Waals surface area contributed by atoms with Crippen molar-refractivity contribution in [1.29, 1.82) is 0 Å². The summed E-state index contributed by atoms with van der Waals surface area (Å²) in [5.74, 6) is 1.62. The smallest absolute Gasteiger partial charge is 0.159 e. The van der Waals surface area contributed by atoms with Gasteiger partial charge >= 0.3 is 0 Å². The molecule has 0 amide bonds. The molecule has 0 bridgehead atoms. The van der Waals surface area contributed by atoms with Crippen LogP contribution in [0, 0.1) is 0 Å². The van der Waals surface area contributed by atoms with Crippen LogP contribution in [0.1, 0.15) is 58.7 Å². The van der Waals surface area contributed by atoms with Crippen LogP contribution < -0.4 is 5.32 Å². The molecule has 1 N–H and O–H groups in total. The summed E-state index contributed by atoms with van der Waals surface area (Å²) in [7, 11) is 1.68. The Morgan fingerprint density at radius 3 is 2.50 bits per heavy atom. The van der Waals surface area contributed by atoms with Crippen molar-refractivity contribution >= 4 is 5.82 Å². The summed E-state index contributed by atoms with van der Waals surface area (Å²) in [6.07, 6.45) is 0.985. The molecule has 1 aromatic rings. The lowest BCUT2D eigenvalue weighted by molar-refractivity contribution is 0.111. The van der Waals surface area contributed by atoms with Gasteiger partial charge in [-0.1, -0.05) is 27.7 Å². The first-order chi connectivity index (χ1) is 8.38. The van der Waals surface area contributed by atoms with Gasteiger partial charge < -0.3 is 10.1 Å². The molecule has 4 heteroatoms. The van der Waals surface area contributed by atoms with Crippen LogP contribution in [-0.4, -0.2) is 23.6 Å². The Labute approximate surface area is 110 Å². The standard InChI is InChI=1S/C14H25N3O/c1-7-8-15-12-9-11(14(3,4)5)16-13(17-12)10(2)18-6/h9-10H,7-8H2,1-6H3,(H,15,16,17). The number of nitrogens with zero attached hydrogens (tertiary/aromatic N) is 2. The second-order valence-corrected chi connectivity index (χ2v) is 5.55. The lowest BCUT2D eigenvalue weighted by Crippen LogP contribution is -2.18. The molecular formula is C14H25N3O. The van der Waals surface area contributed by atoms with Gasteiger partial charge in [0.2, 0.25) is 0 Å². The largest absolute Gasteiger partial charge is 0.374 e. The number of aromatic nitrogens is 2. The van der Waals surface area contributed by atoms with Gasteiger partial charge in [0.05, 0.1) is 5.69 Å². The minimum Gasteiger partial charge on any atom is -0.374 e. The monoisotopic (exact) mass is 251 g/mol. The topological polar surface area (TPSA) is 47.0 Å². The molecule has 4 nitrogen and oxygen atoms in total. The number of ether oxygens (including phenoxy) is 1. The Morgan fingerprint density at radius 1 is 1.33 bits per heavy atom. The van der Waals surface area contributed by atoms with Gasteiger partial charge in [-0.05, 0) is 13.3 Å². The van der Waals surface area contributed by atoms with E-state index >= 15 is 0 Å². The number of hydrogen-bond acceptors (Lipinski definition) is 4. The zero-order chi connectivity index (χ0) is 13.8. The molecule has 0 aromatic carbocycles. The number of hydrogen-bond donors (Lipinski definition) is 1. The van der Waals surface area contributed by atoms with Crippen LogP contribution in [0.3, 0.4) is 0 Å². The summed E-state index contributed by atoms with van der Waals surface area (Å²) in [6, 6.07) is 2.03. The Balaban J connectivity index is 3.12. The molecule has 0 spiro atoms. The summed E-state index contributed by atoms with van der Waals surface area (Å²) >= 11 is 0. The normalized spacial score (nSPS) is 13.4. The molecular weight excluding hydrogens is 226 g/mol. The van der Waals surface area contributed by atoms with Crippen molar-refractivity contribution in [2.24, 2.45) is 0 Å². The van der Waals surface area contributed by atoms with Crippen LogP contribution in [0.25, 0.3) is 0 Å². The van der Waals surface area contributed by atoms with Gasteiger partial charge in [0.1, 0.15) is 11.9 Å². The predicted molar refractivity (Wildman–Crippen MR) is 74.9 cm³/mol. The van der Waals surface area contributed by atoms with Crippen LogP contribution in [0.5, 0.6) is 0 Å². The van der Waals surface area contributed by atoms with Crippen LogP contribution >= 0.6 is 0 Å². The van der Waals surface area contributed by atoms with E-state index < -0.39 is 0 Å². The zero-order valence-corrected chi connectivity index (χ0v) is 12.4. The summed E-state index contributed by atoms with van der Waals surface area (Å²) in [4.78, 5) is 9.12. The van der Waals surface area contributed by atoms with Crippen molar-refractivity contribution in [3.05, 3.63) is 17.6 Å². The van der Waals surface area contributed by atoms with Crippen LogP contribution in [0.15, 0.2) is 6.07 Å². The Bertz CT molecular complexity index is 385. The predicted octanol–water partition coefficient (Wildman–Crippen LogP) is 3.30. The highest BCUT2D eigenvalue weighted by molar-refractivity contribution is 5.38. The molecule has 0 saturated carbocycles. The SMILES string of the molecule is CCCNc1cc(C(C)(C)C)nc(C(C)OC)n1. The number of anilines is 1. The van der Waals surface area contributed by atoms with E-state index in [-0.39, 0.29) is 11.5 Å². The molecule has 1 unspecified atom stereocenters. The maximum absolute atomic E-state index is 5.31. The molecule has 0 saturated heterocycles. The third-order valence-corrected chi connectivity index (χ3v) is 2.79. The zero-order valence-electron chi connectivity index (χ0n) is 12.4. The van der Waals surface area contributed by atoms with E-state index in [4.69, 9.17) is 4.74 Å². The fourth-order valence-corrected chi connectivity index (χ4v) is 1.48. The summed E-state index contributed by atoms with van der Waals surface area (Å²) in [5.41, 5.74) is 1.04. The van der Waals surface area contributed by atoms with Crippen molar-refractivity contribution < 1.29 is 4.74 Å². The van der Waals surface area contributed by atoms with Crippen molar-refractivity contribution in [2.75, 3.05) is 19.0 Å². The van der Waals surface area contributed by atoms with E-state index in [1.807, 2.05) is 13.0 Å². The molecule has 0 radical (unpaired) electrons. The van der Waals surface area contributed by atoms with Crippen molar-refractivity contribution in [3.63, 3.8) is 0 Å². The first kappa shape index (κ1) is 14.9. The number of methoxy groups -OCH3 is 1. The second kappa shape index (κ2) is 6.14. The van der Waals surface area contributed by atoms with Crippen molar-refractivity contribution in [3.8, 4) is 0 Å². The average Bonchev–Trinajstić information content (AvgIpc) is 2.33. The number of nitrogens with one attached hydrogen (secondary N) is 1. The van der Waals surface area contributed by atoms with Gasteiger partial charge in [0.15, 0.2) is 5.82 Å². The lowest BCUT2D eigenvalue weighted by Gasteiger charge is -2.21. The molecule has 1 heterocycles. The van der Waals surface area contributed by atoms with Crippen molar-refractivity contribution in [2.45, 2.75) is 52.6 Å². The van der Waals surface area contributed by atoms with Gasteiger partial charge in [-0.15, -0.1) is 0 Å². The van der Waals surface area contributed by atoms with Gasteiger partial charge in [-0.2, -0.15) is 0 Å². The van der Waals surface area contributed by atoms with Gasteiger partial charge in [-0.25, -0.2) is 9.97 Å². The highest BCUT2D eigenvalue weighted by Gasteiger charge is 2.19. The summed E-state index contributed by atoms with van der Waals surface area (Å²) < 4.78 is 5.31. The highest BCUT2D eigenvalue weighted by atomic mass is 16.5. The Morgan fingerprint density at radius 2 is 2.00 bits per heavy atom. The number of rotatable bonds is 5. The van der Waals surface area contributed by atoms with Crippen LogP contribution in [0.4, 0.5) is 5.82 Å². The van der Waals surface area contributed by atoms with E-state index in [2.05, 4.69) is 43.0 Å². The molecule has 18 heavy (non-hydrogen) atoms. The Hall–Kier alpha value is -1.16. The quantitative estimate of drug-likeness (QED) is 0.872. The molecule has 0 aliphatic heterocycles. The van der Waals surface area contributed by atoms with E-state index in [0.717, 1.165) is 30.3 Å². The molecule has 0 fully saturated rings.